The van der Waals surface area contributed by atoms with Gasteiger partial charge in [-0.05, 0) is 53.3 Å². The lowest BCUT2D eigenvalue weighted by molar-refractivity contribution is -0.115. The molecule has 7 nitrogen and oxygen atoms in total. The number of imidazole rings is 1. The summed E-state index contributed by atoms with van der Waals surface area (Å²) in [6.45, 7) is 0.897. The van der Waals surface area contributed by atoms with Gasteiger partial charge in [-0.15, -0.1) is 0 Å². The van der Waals surface area contributed by atoms with Crippen molar-refractivity contribution in [2.75, 3.05) is 11.9 Å². The summed E-state index contributed by atoms with van der Waals surface area (Å²) in [7, 11) is 0. The molecule has 1 atom stereocenters. The number of halogens is 1. The number of nitrogens with one attached hydrogen (secondary N) is 2. The van der Waals surface area contributed by atoms with Gasteiger partial charge in [-0.2, -0.15) is 0 Å². The highest BCUT2D eigenvalue weighted by Gasteiger charge is 2.17. The van der Waals surface area contributed by atoms with Crippen molar-refractivity contribution in [2.24, 2.45) is 0 Å². The monoisotopic (exact) mass is 550 g/mol. The highest BCUT2D eigenvalue weighted by atomic mass is 19.1. The van der Waals surface area contributed by atoms with Gasteiger partial charge >= 0.3 is 0 Å². The van der Waals surface area contributed by atoms with Gasteiger partial charge in [0.05, 0.1) is 24.6 Å². The Labute approximate surface area is 238 Å². The van der Waals surface area contributed by atoms with E-state index in [1.165, 1.54) is 12.1 Å². The molecule has 0 saturated carbocycles. The summed E-state index contributed by atoms with van der Waals surface area (Å²) >= 11 is 0. The molecule has 1 aromatic heterocycles. The van der Waals surface area contributed by atoms with Crippen LogP contribution < -0.4 is 15.4 Å². The minimum Gasteiger partial charge on any atom is -0.489 e. The van der Waals surface area contributed by atoms with Gasteiger partial charge in [0.2, 0.25) is 5.91 Å². The zero-order chi connectivity index (χ0) is 28.4. The fourth-order valence-corrected chi connectivity index (χ4v) is 4.85. The van der Waals surface area contributed by atoms with E-state index in [-0.39, 0.29) is 24.3 Å². The van der Waals surface area contributed by atoms with E-state index < -0.39 is 0 Å². The number of aldehydes is 1. The van der Waals surface area contributed by atoms with Crippen LogP contribution in [0.2, 0.25) is 0 Å². The smallest absolute Gasteiger partial charge is 0.238 e. The number of fused-ring (bicyclic) bond motifs is 1. The van der Waals surface area contributed by atoms with Gasteiger partial charge in [-0.25, -0.2) is 9.37 Å². The molecule has 0 aliphatic carbocycles. The molecule has 208 valence electrons. The summed E-state index contributed by atoms with van der Waals surface area (Å²) in [6.07, 6.45) is 5.08. The molecule has 1 amide bonds. The number of carbonyl (C=O) groups excluding carboxylic acids is 2. The van der Waals surface area contributed by atoms with E-state index in [4.69, 9.17) is 4.74 Å². The molecule has 0 bridgehead atoms. The Hall–Kier alpha value is -4.82. The molecular weight excluding hydrogens is 519 g/mol. The number of nitrogens with zero attached hydrogens (tertiary/aromatic N) is 2. The zero-order valence-electron chi connectivity index (χ0n) is 22.5. The van der Waals surface area contributed by atoms with Crippen LogP contribution in [0.5, 0.6) is 5.75 Å². The van der Waals surface area contributed by atoms with Crippen LogP contribution in [-0.4, -0.2) is 28.3 Å². The van der Waals surface area contributed by atoms with Crippen molar-refractivity contribution >= 4 is 28.7 Å². The predicted molar refractivity (Wildman–Crippen MR) is 157 cm³/mol. The first-order valence-electron chi connectivity index (χ1n) is 13.5. The number of aromatic nitrogens is 2. The van der Waals surface area contributed by atoms with Gasteiger partial charge in [0.25, 0.3) is 0 Å². The lowest BCUT2D eigenvalue weighted by Crippen LogP contribution is -2.29. The van der Waals surface area contributed by atoms with E-state index in [1.807, 2.05) is 77.4 Å². The number of rotatable bonds is 13. The Morgan fingerprint density at radius 2 is 1.85 bits per heavy atom. The van der Waals surface area contributed by atoms with Crippen LogP contribution in [0.15, 0.2) is 104 Å². The molecule has 1 heterocycles. The van der Waals surface area contributed by atoms with Crippen molar-refractivity contribution in [1.29, 1.82) is 0 Å². The Morgan fingerprint density at radius 1 is 1.00 bits per heavy atom. The van der Waals surface area contributed by atoms with Gasteiger partial charge < -0.3 is 24.7 Å². The van der Waals surface area contributed by atoms with Crippen molar-refractivity contribution in [3.63, 3.8) is 0 Å². The number of ether oxygens (including phenoxy) is 1. The SMILES string of the molecule is O=CCCC(c1cccc(F)c1)n1cncc1CNCC(=O)Nc1cccc2ccc(OCc3ccccc3)cc12. The molecule has 2 N–H and O–H groups in total. The third-order valence-electron chi connectivity index (χ3n) is 6.84. The number of hydrogen-bond donors (Lipinski definition) is 2. The van der Waals surface area contributed by atoms with Gasteiger partial charge in [-0.3, -0.25) is 4.79 Å². The first-order valence-corrected chi connectivity index (χ1v) is 13.5. The van der Waals surface area contributed by atoms with E-state index in [0.717, 1.165) is 39.6 Å². The summed E-state index contributed by atoms with van der Waals surface area (Å²) < 4.78 is 21.8. The molecule has 41 heavy (non-hydrogen) atoms. The summed E-state index contributed by atoms with van der Waals surface area (Å²) in [6, 6.07) is 27.7. The lowest BCUT2D eigenvalue weighted by atomic mass is 10.0. The van der Waals surface area contributed by atoms with Gasteiger partial charge in [0.1, 0.15) is 24.5 Å². The second kappa shape index (κ2) is 13.5. The number of hydrogen-bond acceptors (Lipinski definition) is 5. The van der Waals surface area contributed by atoms with Crippen LogP contribution in [0.1, 0.15) is 35.7 Å². The molecule has 0 radical (unpaired) electrons. The minimum atomic E-state index is -0.335. The van der Waals surface area contributed by atoms with Crippen LogP contribution >= 0.6 is 0 Å². The first-order chi connectivity index (χ1) is 20.1. The molecule has 0 aliphatic rings. The molecule has 0 saturated heterocycles. The summed E-state index contributed by atoms with van der Waals surface area (Å²) in [5.74, 6) is 0.192. The second-order valence-electron chi connectivity index (χ2n) is 9.72. The van der Waals surface area contributed by atoms with E-state index in [2.05, 4.69) is 15.6 Å². The van der Waals surface area contributed by atoms with Crippen molar-refractivity contribution in [3.05, 3.63) is 126 Å². The maximum Gasteiger partial charge on any atom is 0.238 e. The lowest BCUT2D eigenvalue weighted by Gasteiger charge is -2.21. The first kappa shape index (κ1) is 27.7. The largest absolute Gasteiger partial charge is 0.489 e. The summed E-state index contributed by atoms with van der Waals surface area (Å²) in [5, 5.41) is 8.06. The summed E-state index contributed by atoms with van der Waals surface area (Å²) in [5.41, 5.74) is 3.35. The molecule has 0 spiro atoms. The van der Waals surface area contributed by atoms with E-state index >= 15 is 0 Å². The highest BCUT2D eigenvalue weighted by Crippen LogP contribution is 2.28. The van der Waals surface area contributed by atoms with Gasteiger partial charge in [0.15, 0.2) is 0 Å². The van der Waals surface area contributed by atoms with Crippen LogP contribution in [-0.2, 0) is 22.7 Å². The normalized spacial score (nSPS) is 11.7. The topological polar surface area (TPSA) is 85.2 Å². The molecule has 0 aliphatic heterocycles. The van der Waals surface area contributed by atoms with Crippen molar-refractivity contribution in [1.82, 2.24) is 14.9 Å². The highest BCUT2D eigenvalue weighted by molar-refractivity contribution is 6.03. The number of benzene rings is 4. The Bertz CT molecular complexity index is 1620. The van der Waals surface area contributed by atoms with Gasteiger partial charge in [-0.1, -0.05) is 60.7 Å². The molecule has 5 rings (SSSR count). The maximum absolute atomic E-state index is 13.9. The van der Waals surface area contributed by atoms with E-state index in [9.17, 15) is 14.0 Å². The number of carbonyl (C=O) groups is 2. The van der Waals surface area contributed by atoms with E-state index in [0.29, 0.717) is 31.7 Å². The van der Waals surface area contributed by atoms with Gasteiger partial charge in [0, 0.05) is 30.2 Å². The molecular formula is C33H31FN4O3. The standard InChI is InChI=1S/C33H31FN4O3/c34-27-11-4-10-26(17-27)32(13-6-16-39)38-23-36-20-28(38)19-35-21-33(40)37-31-12-5-9-25-14-15-29(18-30(25)31)41-22-24-7-2-1-3-8-24/h1-5,7-12,14-18,20,23,32,35H,6,13,19,21-22H2,(H,37,40). The number of amides is 1. The predicted octanol–water partition coefficient (Wildman–Crippen LogP) is 6.05. The van der Waals surface area contributed by atoms with Crippen molar-refractivity contribution in [3.8, 4) is 5.75 Å². The quantitative estimate of drug-likeness (QED) is 0.174. The maximum atomic E-state index is 13.9. The van der Waals surface area contributed by atoms with Crippen molar-refractivity contribution < 1.29 is 18.7 Å². The number of anilines is 1. The minimum absolute atomic E-state index is 0.0741. The zero-order valence-corrected chi connectivity index (χ0v) is 22.5. The van der Waals surface area contributed by atoms with Crippen LogP contribution in [0.4, 0.5) is 10.1 Å². The molecule has 1 unspecified atom stereocenters. The Morgan fingerprint density at radius 3 is 2.68 bits per heavy atom. The molecule has 5 aromatic rings. The van der Waals surface area contributed by atoms with Crippen LogP contribution in [0, 0.1) is 5.82 Å². The van der Waals surface area contributed by atoms with Crippen LogP contribution in [0.3, 0.4) is 0 Å². The average Bonchev–Trinajstić information content (AvgIpc) is 3.45. The molecule has 4 aromatic carbocycles. The Kier molecular flexibility index (Phi) is 9.13. The average molecular weight is 551 g/mol. The van der Waals surface area contributed by atoms with E-state index in [1.54, 1.807) is 18.6 Å². The second-order valence-corrected chi connectivity index (χ2v) is 9.72. The Balaban J connectivity index is 1.22. The van der Waals surface area contributed by atoms with Crippen LogP contribution in [0.25, 0.3) is 10.8 Å². The fraction of sp³-hybridized carbons (Fsp3) is 0.182. The third-order valence-corrected chi connectivity index (χ3v) is 6.84. The third kappa shape index (κ3) is 7.23. The summed E-state index contributed by atoms with van der Waals surface area (Å²) in [4.78, 5) is 28.2. The van der Waals surface area contributed by atoms with Crippen molar-refractivity contribution in [2.45, 2.75) is 32.0 Å². The molecule has 8 heteroatoms. The fourth-order valence-electron chi connectivity index (χ4n) is 4.85. The molecule has 0 fully saturated rings.